The molecule has 1 unspecified atom stereocenters. The fourth-order valence-electron chi connectivity index (χ4n) is 0.737. The largest absolute Gasteiger partial charge is 0.434 e. The average molecular weight is 159 g/mol. The number of esters is 1. The van der Waals surface area contributed by atoms with Crippen LogP contribution >= 0.6 is 0 Å². The van der Waals surface area contributed by atoms with E-state index in [0.717, 1.165) is 0 Å². The van der Waals surface area contributed by atoms with Gasteiger partial charge in [-0.15, -0.1) is 0 Å². The molecule has 0 spiro atoms. The molecule has 0 aromatic rings. The molecule has 1 rings (SSSR count). The Hall–Kier alpha value is -1.10. The zero-order chi connectivity index (χ0) is 8.27. The molecule has 0 aromatic carbocycles. The molecule has 0 aliphatic carbocycles. The van der Waals surface area contributed by atoms with Crippen molar-refractivity contribution in [2.45, 2.75) is 13.2 Å². The molecule has 0 radical (unpaired) electrons. The van der Waals surface area contributed by atoms with Gasteiger partial charge in [0.2, 0.25) is 12.2 Å². The molecule has 1 aliphatic heterocycles. The van der Waals surface area contributed by atoms with Gasteiger partial charge in [-0.1, -0.05) is 0 Å². The summed E-state index contributed by atoms with van der Waals surface area (Å²) < 4.78 is 9.51. The fourth-order valence-corrected chi connectivity index (χ4v) is 0.737. The maximum atomic E-state index is 10.5. The van der Waals surface area contributed by atoms with Crippen molar-refractivity contribution >= 4 is 11.9 Å². The summed E-state index contributed by atoms with van der Waals surface area (Å²) in [4.78, 5) is 20.9. The van der Waals surface area contributed by atoms with Gasteiger partial charge in [0.15, 0.2) is 0 Å². The van der Waals surface area contributed by atoms with Gasteiger partial charge in [-0.25, -0.2) is 0 Å². The van der Waals surface area contributed by atoms with E-state index in [4.69, 9.17) is 4.74 Å². The molecule has 5 heteroatoms. The van der Waals surface area contributed by atoms with Crippen LogP contribution in [-0.2, 0) is 19.1 Å². The van der Waals surface area contributed by atoms with Crippen molar-refractivity contribution in [1.29, 1.82) is 0 Å². The van der Waals surface area contributed by atoms with Crippen molar-refractivity contribution in [2.75, 3.05) is 13.2 Å². The molecule has 1 N–H and O–H groups in total. The monoisotopic (exact) mass is 159 g/mol. The number of carbonyl (C=O) groups excluding carboxylic acids is 2. The highest BCUT2D eigenvalue weighted by molar-refractivity contribution is 5.77. The SMILES string of the molecule is CC(=O)OC1CNC(=O)CO1. The second-order valence-electron chi connectivity index (χ2n) is 2.15. The third-order valence-electron chi connectivity index (χ3n) is 1.16. The van der Waals surface area contributed by atoms with E-state index in [1.807, 2.05) is 0 Å². The van der Waals surface area contributed by atoms with Crippen LogP contribution in [-0.4, -0.2) is 31.3 Å². The van der Waals surface area contributed by atoms with Gasteiger partial charge >= 0.3 is 5.97 Å². The minimum Gasteiger partial charge on any atom is -0.434 e. The molecule has 0 saturated carbocycles. The van der Waals surface area contributed by atoms with Crippen LogP contribution in [0.5, 0.6) is 0 Å². The van der Waals surface area contributed by atoms with E-state index in [0.29, 0.717) is 0 Å². The van der Waals surface area contributed by atoms with Crippen LogP contribution in [0.15, 0.2) is 0 Å². The number of ether oxygens (including phenoxy) is 2. The summed E-state index contributed by atoms with van der Waals surface area (Å²) in [6.07, 6.45) is -0.620. The Morgan fingerprint density at radius 2 is 2.55 bits per heavy atom. The van der Waals surface area contributed by atoms with Gasteiger partial charge in [0.25, 0.3) is 0 Å². The Labute approximate surface area is 63.7 Å². The zero-order valence-corrected chi connectivity index (χ0v) is 6.12. The second-order valence-corrected chi connectivity index (χ2v) is 2.15. The third kappa shape index (κ3) is 2.55. The van der Waals surface area contributed by atoms with Crippen LogP contribution in [0.25, 0.3) is 0 Å². The van der Waals surface area contributed by atoms with Crippen molar-refractivity contribution in [2.24, 2.45) is 0 Å². The maximum absolute atomic E-state index is 10.5. The molecule has 1 amide bonds. The van der Waals surface area contributed by atoms with Gasteiger partial charge in [-0.3, -0.25) is 9.59 Å². The normalized spacial score (nSPS) is 24.1. The Morgan fingerprint density at radius 3 is 3.00 bits per heavy atom. The lowest BCUT2D eigenvalue weighted by atomic mass is 10.5. The predicted octanol–water partition coefficient (Wildman–Crippen LogP) is -0.978. The van der Waals surface area contributed by atoms with E-state index in [1.54, 1.807) is 0 Å². The summed E-state index contributed by atoms with van der Waals surface area (Å²) >= 11 is 0. The van der Waals surface area contributed by atoms with Crippen LogP contribution in [0.1, 0.15) is 6.92 Å². The third-order valence-corrected chi connectivity index (χ3v) is 1.16. The summed E-state index contributed by atoms with van der Waals surface area (Å²) in [7, 11) is 0. The topological polar surface area (TPSA) is 64.6 Å². The number of hydrogen-bond acceptors (Lipinski definition) is 4. The first-order valence-corrected chi connectivity index (χ1v) is 3.24. The van der Waals surface area contributed by atoms with E-state index in [-0.39, 0.29) is 19.1 Å². The van der Waals surface area contributed by atoms with E-state index >= 15 is 0 Å². The van der Waals surface area contributed by atoms with Crippen LogP contribution < -0.4 is 5.32 Å². The molecule has 0 bridgehead atoms. The lowest BCUT2D eigenvalue weighted by molar-refractivity contribution is -0.184. The van der Waals surface area contributed by atoms with Gasteiger partial charge in [0.05, 0.1) is 6.54 Å². The number of hydrogen-bond donors (Lipinski definition) is 1. The molecule has 11 heavy (non-hydrogen) atoms. The van der Waals surface area contributed by atoms with E-state index < -0.39 is 12.3 Å². The maximum Gasteiger partial charge on any atom is 0.305 e. The Kier molecular flexibility index (Phi) is 2.43. The van der Waals surface area contributed by atoms with E-state index in [9.17, 15) is 9.59 Å². The van der Waals surface area contributed by atoms with E-state index in [1.165, 1.54) is 6.92 Å². The highest BCUT2D eigenvalue weighted by atomic mass is 16.7. The van der Waals surface area contributed by atoms with Crippen molar-refractivity contribution in [3.05, 3.63) is 0 Å². The van der Waals surface area contributed by atoms with Crippen LogP contribution in [0.4, 0.5) is 0 Å². The van der Waals surface area contributed by atoms with Crippen LogP contribution in [0, 0.1) is 0 Å². The Balaban J connectivity index is 2.28. The number of carbonyl (C=O) groups is 2. The van der Waals surface area contributed by atoms with Crippen molar-refractivity contribution < 1.29 is 19.1 Å². The predicted molar refractivity (Wildman–Crippen MR) is 34.5 cm³/mol. The number of rotatable bonds is 1. The average Bonchev–Trinajstić information content (AvgIpc) is 1.93. The summed E-state index contributed by atoms with van der Waals surface area (Å²) in [5.74, 6) is -0.598. The first kappa shape index (κ1) is 8.00. The standard InChI is InChI=1S/C6H9NO4/c1-4(8)11-6-2-7-5(9)3-10-6/h6H,2-3H2,1H3,(H,7,9). The molecular weight excluding hydrogens is 150 g/mol. The molecule has 1 saturated heterocycles. The first-order chi connectivity index (χ1) is 5.18. The summed E-state index contributed by atoms with van der Waals surface area (Å²) in [5.41, 5.74) is 0. The highest BCUT2D eigenvalue weighted by Gasteiger charge is 2.19. The van der Waals surface area contributed by atoms with Gasteiger partial charge in [0.1, 0.15) is 6.61 Å². The lowest BCUT2D eigenvalue weighted by Gasteiger charge is -2.21. The van der Waals surface area contributed by atoms with Crippen molar-refractivity contribution in [3.8, 4) is 0 Å². The zero-order valence-electron chi connectivity index (χ0n) is 6.12. The molecule has 1 aliphatic rings. The van der Waals surface area contributed by atoms with E-state index in [2.05, 4.69) is 10.1 Å². The smallest absolute Gasteiger partial charge is 0.305 e. The molecule has 1 fully saturated rings. The minimum absolute atomic E-state index is 0.0437. The van der Waals surface area contributed by atoms with Crippen LogP contribution in [0.3, 0.4) is 0 Å². The fraction of sp³-hybridized carbons (Fsp3) is 0.667. The number of morpholine rings is 1. The minimum atomic E-state index is -0.620. The molecule has 5 nitrogen and oxygen atoms in total. The van der Waals surface area contributed by atoms with Gasteiger partial charge < -0.3 is 14.8 Å². The van der Waals surface area contributed by atoms with Gasteiger partial charge in [0, 0.05) is 6.92 Å². The molecular formula is C6H9NO4. The summed E-state index contributed by atoms with van der Waals surface area (Å²) in [6, 6.07) is 0. The highest BCUT2D eigenvalue weighted by Crippen LogP contribution is 1.98. The molecule has 0 aromatic heterocycles. The van der Waals surface area contributed by atoms with Crippen molar-refractivity contribution in [3.63, 3.8) is 0 Å². The summed E-state index contributed by atoms with van der Waals surface area (Å²) in [5, 5.41) is 2.50. The summed E-state index contributed by atoms with van der Waals surface area (Å²) in [6.45, 7) is 1.48. The second kappa shape index (κ2) is 3.34. The Morgan fingerprint density at radius 1 is 1.82 bits per heavy atom. The quantitative estimate of drug-likeness (QED) is 0.499. The van der Waals surface area contributed by atoms with Gasteiger partial charge in [-0.05, 0) is 0 Å². The van der Waals surface area contributed by atoms with Gasteiger partial charge in [-0.2, -0.15) is 0 Å². The lowest BCUT2D eigenvalue weighted by Crippen LogP contribution is -2.44. The van der Waals surface area contributed by atoms with Crippen LogP contribution in [0.2, 0.25) is 0 Å². The molecule has 1 heterocycles. The molecule has 62 valence electrons. The number of amides is 1. The number of nitrogens with one attached hydrogen (secondary N) is 1. The Bertz CT molecular complexity index is 169. The first-order valence-electron chi connectivity index (χ1n) is 3.24. The molecule has 1 atom stereocenters. The van der Waals surface area contributed by atoms with Crippen molar-refractivity contribution in [1.82, 2.24) is 5.32 Å².